The zero-order valence-corrected chi connectivity index (χ0v) is 12.1. The summed E-state index contributed by atoms with van der Waals surface area (Å²) < 4.78 is 11.1. The molecule has 1 atom stereocenters. The Kier molecular flexibility index (Phi) is 6.52. The van der Waals surface area contributed by atoms with Crippen LogP contribution in [0.15, 0.2) is 6.07 Å². The highest BCUT2D eigenvalue weighted by molar-refractivity contribution is 5.36. The minimum atomic E-state index is 0.0977. The minimum absolute atomic E-state index is 0.0977. The number of hydrogen-bond acceptors (Lipinski definition) is 6. The van der Waals surface area contributed by atoms with Crippen LogP contribution in [0.2, 0.25) is 0 Å². The second-order valence-corrected chi connectivity index (χ2v) is 4.85. The van der Waals surface area contributed by atoms with E-state index in [4.69, 9.17) is 15.3 Å². The van der Waals surface area contributed by atoms with E-state index in [-0.39, 0.29) is 6.10 Å². The Balaban J connectivity index is 2.75. The lowest BCUT2D eigenvalue weighted by Gasteiger charge is -2.16. The normalized spacial score (nSPS) is 12.5. The van der Waals surface area contributed by atoms with Crippen molar-refractivity contribution in [3.8, 4) is 5.88 Å². The van der Waals surface area contributed by atoms with Crippen LogP contribution >= 0.6 is 0 Å². The molecule has 0 aliphatic heterocycles. The van der Waals surface area contributed by atoms with E-state index in [0.29, 0.717) is 36.7 Å². The molecule has 1 unspecified atom stereocenters. The summed E-state index contributed by atoms with van der Waals surface area (Å²) in [5.41, 5.74) is 2.51. The molecule has 0 saturated carbocycles. The standard InChI is InChI=1S/C13H24N4O2/c1-5-18-8-12-15-11(17-14)7-13(16-12)19-10(4)6-9(2)3/h7,9-10H,5-6,8,14H2,1-4H3,(H,15,16,17). The highest BCUT2D eigenvalue weighted by Crippen LogP contribution is 2.17. The third kappa shape index (κ3) is 5.85. The van der Waals surface area contributed by atoms with Crippen LogP contribution in [0.3, 0.4) is 0 Å². The van der Waals surface area contributed by atoms with Gasteiger partial charge >= 0.3 is 0 Å². The van der Waals surface area contributed by atoms with Crippen LogP contribution in [0.4, 0.5) is 5.82 Å². The predicted octanol–water partition coefficient (Wildman–Crippen LogP) is 2.11. The van der Waals surface area contributed by atoms with Crippen LogP contribution in [-0.2, 0) is 11.3 Å². The lowest BCUT2D eigenvalue weighted by molar-refractivity contribution is 0.126. The highest BCUT2D eigenvalue weighted by atomic mass is 16.5. The second kappa shape index (κ2) is 7.91. The van der Waals surface area contributed by atoms with Gasteiger partial charge in [0.25, 0.3) is 0 Å². The van der Waals surface area contributed by atoms with E-state index in [1.54, 1.807) is 6.07 Å². The van der Waals surface area contributed by atoms with Crippen LogP contribution in [-0.4, -0.2) is 22.7 Å². The average Bonchev–Trinajstić information content (AvgIpc) is 2.34. The predicted molar refractivity (Wildman–Crippen MR) is 74.7 cm³/mol. The first-order valence-corrected chi connectivity index (χ1v) is 6.64. The Morgan fingerprint density at radius 1 is 1.32 bits per heavy atom. The molecule has 0 aromatic carbocycles. The highest BCUT2D eigenvalue weighted by Gasteiger charge is 2.10. The number of hydrogen-bond donors (Lipinski definition) is 2. The summed E-state index contributed by atoms with van der Waals surface area (Å²) in [6.07, 6.45) is 1.07. The van der Waals surface area contributed by atoms with Gasteiger partial charge in [-0.2, -0.15) is 4.98 Å². The molecular formula is C13H24N4O2. The fourth-order valence-electron chi connectivity index (χ4n) is 1.78. The molecule has 0 radical (unpaired) electrons. The number of aromatic nitrogens is 2. The maximum atomic E-state index is 5.79. The number of nitrogens with two attached hydrogens (primary N) is 1. The zero-order valence-electron chi connectivity index (χ0n) is 12.1. The summed E-state index contributed by atoms with van der Waals surface area (Å²) in [4.78, 5) is 8.52. The molecule has 0 bridgehead atoms. The molecule has 0 aliphatic carbocycles. The first-order valence-electron chi connectivity index (χ1n) is 6.64. The molecule has 19 heavy (non-hydrogen) atoms. The topological polar surface area (TPSA) is 82.3 Å². The fraction of sp³-hybridized carbons (Fsp3) is 0.692. The van der Waals surface area contributed by atoms with E-state index in [2.05, 4.69) is 29.2 Å². The Hall–Kier alpha value is -1.40. The molecule has 0 saturated heterocycles. The monoisotopic (exact) mass is 268 g/mol. The Morgan fingerprint density at radius 2 is 2.05 bits per heavy atom. The van der Waals surface area contributed by atoms with Gasteiger partial charge in [0, 0.05) is 12.7 Å². The quantitative estimate of drug-likeness (QED) is 0.555. The van der Waals surface area contributed by atoms with E-state index in [0.717, 1.165) is 6.42 Å². The van der Waals surface area contributed by atoms with Crippen molar-refractivity contribution in [1.82, 2.24) is 9.97 Å². The molecule has 1 rings (SSSR count). The number of nitrogens with zero attached hydrogens (tertiary/aromatic N) is 2. The van der Waals surface area contributed by atoms with E-state index < -0.39 is 0 Å². The van der Waals surface area contributed by atoms with Crippen molar-refractivity contribution < 1.29 is 9.47 Å². The lowest BCUT2D eigenvalue weighted by atomic mass is 10.1. The van der Waals surface area contributed by atoms with Gasteiger partial charge in [-0.05, 0) is 26.2 Å². The molecule has 108 valence electrons. The number of anilines is 1. The van der Waals surface area contributed by atoms with Crippen LogP contribution in [0.1, 0.15) is 39.9 Å². The summed E-state index contributed by atoms with van der Waals surface area (Å²) in [5.74, 6) is 7.57. The molecule has 3 N–H and O–H groups in total. The second-order valence-electron chi connectivity index (χ2n) is 4.85. The van der Waals surface area contributed by atoms with Gasteiger partial charge in [0.15, 0.2) is 5.82 Å². The van der Waals surface area contributed by atoms with Gasteiger partial charge in [-0.15, -0.1) is 0 Å². The fourth-order valence-corrected chi connectivity index (χ4v) is 1.78. The zero-order chi connectivity index (χ0) is 14.3. The maximum absolute atomic E-state index is 5.79. The summed E-state index contributed by atoms with van der Waals surface area (Å²) >= 11 is 0. The van der Waals surface area contributed by atoms with Crippen LogP contribution < -0.4 is 16.0 Å². The number of nitrogens with one attached hydrogen (secondary N) is 1. The minimum Gasteiger partial charge on any atom is -0.474 e. The Bertz CT molecular complexity index is 385. The van der Waals surface area contributed by atoms with Crippen molar-refractivity contribution in [2.75, 3.05) is 12.0 Å². The van der Waals surface area contributed by atoms with Gasteiger partial charge in [-0.3, -0.25) is 0 Å². The number of rotatable bonds is 8. The smallest absolute Gasteiger partial charge is 0.219 e. The molecule has 6 heteroatoms. The molecule has 6 nitrogen and oxygen atoms in total. The summed E-state index contributed by atoms with van der Waals surface area (Å²) in [5, 5.41) is 0. The molecule has 1 aromatic heterocycles. The number of hydrazine groups is 1. The van der Waals surface area contributed by atoms with Crippen LogP contribution in [0.5, 0.6) is 5.88 Å². The van der Waals surface area contributed by atoms with Gasteiger partial charge < -0.3 is 14.9 Å². The maximum Gasteiger partial charge on any atom is 0.219 e. The van der Waals surface area contributed by atoms with Crippen molar-refractivity contribution in [2.45, 2.75) is 46.8 Å². The molecule has 0 amide bonds. The van der Waals surface area contributed by atoms with Gasteiger partial charge in [0.1, 0.15) is 12.4 Å². The Morgan fingerprint density at radius 3 is 2.63 bits per heavy atom. The van der Waals surface area contributed by atoms with Gasteiger partial charge in [0.05, 0.1) is 6.10 Å². The van der Waals surface area contributed by atoms with E-state index in [1.807, 2.05) is 13.8 Å². The molecule has 1 heterocycles. The van der Waals surface area contributed by atoms with Gasteiger partial charge in [-0.1, -0.05) is 13.8 Å². The van der Waals surface area contributed by atoms with Crippen molar-refractivity contribution >= 4 is 5.82 Å². The van der Waals surface area contributed by atoms with E-state index in [1.165, 1.54) is 0 Å². The van der Waals surface area contributed by atoms with Crippen molar-refractivity contribution in [1.29, 1.82) is 0 Å². The first kappa shape index (κ1) is 15.7. The summed E-state index contributed by atoms with van der Waals surface area (Å²) in [6.45, 7) is 9.23. The van der Waals surface area contributed by atoms with Crippen molar-refractivity contribution in [2.24, 2.45) is 11.8 Å². The Labute approximate surface area is 114 Å². The van der Waals surface area contributed by atoms with E-state index >= 15 is 0 Å². The average molecular weight is 268 g/mol. The molecule has 0 spiro atoms. The van der Waals surface area contributed by atoms with Crippen molar-refractivity contribution in [3.63, 3.8) is 0 Å². The van der Waals surface area contributed by atoms with E-state index in [9.17, 15) is 0 Å². The third-order valence-corrected chi connectivity index (χ3v) is 2.46. The lowest BCUT2D eigenvalue weighted by Crippen LogP contribution is -2.17. The molecule has 0 fully saturated rings. The number of nitrogen functional groups attached to an aromatic ring is 1. The largest absolute Gasteiger partial charge is 0.474 e. The summed E-state index contributed by atoms with van der Waals surface area (Å²) in [6, 6.07) is 1.69. The molecular weight excluding hydrogens is 244 g/mol. The molecule has 0 aliphatic rings. The number of ether oxygens (including phenoxy) is 2. The SMILES string of the molecule is CCOCc1nc(NN)cc(OC(C)CC(C)C)n1. The molecule has 1 aromatic rings. The van der Waals surface area contributed by atoms with Crippen LogP contribution in [0, 0.1) is 5.92 Å². The van der Waals surface area contributed by atoms with Crippen molar-refractivity contribution in [3.05, 3.63) is 11.9 Å². The van der Waals surface area contributed by atoms with Gasteiger partial charge in [-0.25, -0.2) is 10.8 Å². The third-order valence-electron chi connectivity index (χ3n) is 2.46. The van der Waals surface area contributed by atoms with Crippen LogP contribution in [0.25, 0.3) is 0 Å². The summed E-state index contributed by atoms with van der Waals surface area (Å²) in [7, 11) is 0. The first-order chi connectivity index (χ1) is 9.05. The van der Waals surface area contributed by atoms with Gasteiger partial charge in [0.2, 0.25) is 5.88 Å².